The summed E-state index contributed by atoms with van der Waals surface area (Å²) in [5.41, 5.74) is 0.437. The molecule has 0 amide bonds. The zero-order chi connectivity index (χ0) is 19.6. The third kappa shape index (κ3) is 4.32. The summed E-state index contributed by atoms with van der Waals surface area (Å²) in [6.45, 7) is 8.77. The Morgan fingerprint density at radius 2 is 1.96 bits per heavy atom. The molecule has 1 unspecified atom stereocenters. The molecule has 2 bridgehead atoms. The van der Waals surface area contributed by atoms with Crippen LogP contribution < -0.4 is 5.32 Å². The van der Waals surface area contributed by atoms with Gasteiger partial charge in [0.15, 0.2) is 5.96 Å². The summed E-state index contributed by atoms with van der Waals surface area (Å²) >= 11 is 0. The Hall–Kier alpha value is -1.69. The van der Waals surface area contributed by atoms with Gasteiger partial charge in [-0.15, -0.1) is 0 Å². The number of nitrogens with one attached hydrogen (secondary N) is 1. The summed E-state index contributed by atoms with van der Waals surface area (Å²) in [5, 5.41) is 7.21. The molecule has 0 saturated carbocycles. The van der Waals surface area contributed by atoms with Gasteiger partial charge in [-0.1, -0.05) is 5.16 Å². The van der Waals surface area contributed by atoms with E-state index in [1.165, 1.54) is 23.7 Å². The van der Waals surface area contributed by atoms with E-state index < -0.39 is 10.0 Å². The van der Waals surface area contributed by atoms with Crippen LogP contribution in [0.25, 0.3) is 0 Å². The molecule has 4 aliphatic heterocycles. The van der Waals surface area contributed by atoms with Gasteiger partial charge in [-0.2, -0.15) is 4.31 Å². The number of nitrogens with zero attached hydrogens (tertiary/aromatic N) is 6. The minimum Gasteiger partial charge on any atom is -0.364 e. The predicted molar refractivity (Wildman–Crippen MR) is 105 cm³/mol. The smallest absolute Gasteiger partial charge is 0.220 e. The number of hydrogen-bond acceptors (Lipinski definition) is 7. The van der Waals surface area contributed by atoms with Crippen molar-refractivity contribution in [2.45, 2.75) is 11.8 Å². The van der Waals surface area contributed by atoms with Crippen LogP contribution in [0.1, 0.15) is 5.69 Å². The number of aromatic nitrogens is 1. The molecule has 0 spiro atoms. The normalized spacial score (nSPS) is 29.2. The molecule has 0 aliphatic carbocycles. The summed E-state index contributed by atoms with van der Waals surface area (Å²) in [7, 11) is -1.60. The van der Waals surface area contributed by atoms with Gasteiger partial charge >= 0.3 is 0 Å². The molecular formula is C17H29N7O3S. The second kappa shape index (κ2) is 8.36. The van der Waals surface area contributed by atoms with E-state index in [1.807, 2.05) is 0 Å². The van der Waals surface area contributed by atoms with Crippen molar-refractivity contribution in [3.63, 3.8) is 0 Å². The fourth-order valence-corrected chi connectivity index (χ4v) is 5.65. The summed E-state index contributed by atoms with van der Waals surface area (Å²) in [5.74, 6) is 0.732. The Morgan fingerprint density at radius 1 is 1.21 bits per heavy atom. The zero-order valence-electron chi connectivity index (χ0n) is 16.3. The third-order valence-corrected chi connectivity index (χ3v) is 7.67. The fourth-order valence-electron chi connectivity index (χ4n) is 4.23. The number of guanidine groups is 1. The maximum atomic E-state index is 12.6. The van der Waals surface area contributed by atoms with E-state index >= 15 is 0 Å². The van der Waals surface area contributed by atoms with Gasteiger partial charge in [0.2, 0.25) is 10.0 Å². The number of fused-ring (bicyclic) bond motifs is 3. The van der Waals surface area contributed by atoms with Gasteiger partial charge in [-0.05, 0) is 0 Å². The summed E-state index contributed by atoms with van der Waals surface area (Å²) in [4.78, 5) is 11.6. The number of piperazine rings is 4. The van der Waals surface area contributed by atoms with Crippen LogP contribution in [0.5, 0.6) is 0 Å². The van der Waals surface area contributed by atoms with Gasteiger partial charge in [-0.25, -0.2) is 8.42 Å². The fraction of sp³-hybridized carbons (Fsp3) is 0.765. The number of hydrogen-bond donors (Lipinski definition) is 1. The standard InChI is InChI=1S/C17H29N7O3S/c1-18-17(19-12-16-13-21-3-5-22(16)6-4-21)23-7-9-24(10-8-23)28(25,26)14-15-2-11-27-20-15/h2,11,16H,3-10,12-14H2,1H3,(H,18,19). The molecule has 4 saturated heterocycles. The van der Waals surface area contributed by atoms with E-state index in [-0.39, 0.29) is 5.75 Å². The lowest BCUT2D eigenvalue weighted by Gasteiger charge is -2.47. The van der Waals surface area contributed by atoms with Gasteiger partial charge < -0.3 is 14.7 Å². The van der Waals surface area contributed by atoms with Crippen LogP contribution in [0.3, 0.4) is 0 Å². The Kier molecular flexibility index (Phi) is 5.85. The first kappa shape index (κ1) is 19.6. The quantitative estimate of drug-likeness (QED) is 0.472. The molecule has 5 rings (SSSR count). The molecule has 1 N–H and O–H groups in total. The van der Waals surface area contributed by atoms with Crippen molar-refractivity contribution in [2.75, 3.05) is 72.5 Å². The Balaban J connectivity index is 1.27. The predicted octanol–water partition coefficient (Wildman–Crippen LogP) is -1.30. The van der Waals surface area contributed by atoms with Gasteiger partial charge in [0, 0.05) is 84.6 Å². The molecule has 10 nitrogen and oxygen atoms in total. The van der Waals surface area contributed by atoms with Crippen LogP contribution in [0.15, 0.2) is 21.8 Å². The average molecular weight is 412 g/mol. The molecule has 4 aliphatic rings. The van der Waals surface area contributed by atoms with Crippen molar-refractivity contribution in [3.8, 4) is 0 Å². The lowest BCUT2D eigenvalue weighted by atomic mass is 10.1. The first-order chi connectivity index (χ1) is 13.5. The second-order valence-electron chi connectivity index (χ2n) is 7.55. The number of sulfonamides is 1. The van der Waals surface area contributed by atoms with Crippen LogP contribution in [-0.2, 0) is 15.8 Å². The maximum absolute atomic E-state index is 12.6. The molecule has 28 heavy (non-hydrogen) atoms. The van der Waals surface area contributed by atoms with Crippen LogP contribution in [0.4, 0.5) is 0 Å². The summed E-state index contributed by atoms with van der Waals surface area (Å²) in [6.07, 6.45) is 1.39. The topological polar surface area (TPSA) is 97.5 Å². The minimum atomic E-state index is -3.39. The molecule has 1 aromatic heterocycles. The van der Waals surface area contributed by atoms with E-state index in [0.717, 1.165) is 32.1 Å². The van der Waals surface area contributed by atoms with Gasteiger partial charge in [-0.3, -0.25) is 14.8 Å². The first-order valence-corrected chi connectivity index (χ1v) is 11.4. The highest BCUT2D eigenvalue weighted by molar-refractivity contribution is 7.88. The monoisotopic (exact) mass is 411 g/mol. The highest BCUT2D eigenvalue weighted by Gasteiger charge is 2.33. The van der Waals surface area contributed by atoms with Crippen LogP contribution in [0.2, 0.25) is 0 Å². The van der Waals surface area contributed by atoms with E-state index in [9.17, 15) is 8.42 Å². The summed E-state index contributed by atoms with van der Waals surface area (Å²) < 4.78 is 31.4. The second-order valence-corrected chi connectivity index (χ2v) is 9.52. The van der Waals surface area contributed by atoms with Crippen molar-refractivity contribution in [1.82, 2.24) is 29.5 Å². The van der Waals surface area contributed by atoms with Crippen LogP contribution in [-0.4, -0.2) is 117 Å². The molecular weight excluding hydrogens is 382 g/mol. The van der Waals surface area contributed by atoms with Gasteiger partial charge in [0.1, 0.15) is 12.0 Å². The van der Waals surface area contributed by atoms with Crippen LogP contribution in [0, 0.1) is 0 Å². The number of aliphatic imine (C=N–C) groups is 1. The van der Waals surface area contributed by atoms with E-state index in [1.54, 1.807) is 13.1 Å². The van der Waals surface area contributed by atoms with Crippen molar-refractivity contribution in [2.24, 2.45) is 4.99 Å². The maximum Gasteiger partial charge on any atom is 0.220 e. The van der Waals surface area contributed by atoms with Crippen molar-refractivity contribution in [1.29, 1.82) is 0 Å². The average Bonchev–Trinajstić information content (AvgIpc) is 3.22. The lowest BCUT2D eigenvalue weighted by molar-refractivity contribution is 0.0151. The van der Waals surface area contributed by atoms with Crippen molar-refractivity contribution < 1.29 is 12.9 Å². The molecule has 156 valence electrons. The summed E-state index contributed by atoms with van der Waals surface area (Å²) in [6, 6.07) is 2.10. The third-order valence-electron chi connectivity index (χ3n) is 5.85. The molecule has 4 fully saturated rings. The molecule has 0 aromatic carbocycles. The Bertz CT molecular complexity index is 767. The zero-order valence-corrected chi connectivity index (χ0v) is 17.1. The lowest BCUT2D eigenvalue weighted by Crippen LogP contribution is -2.64. The first-order valence-electron chi connectivity index (χ1n) is 9.84. The minimum absolute atomic E-state index is 0.121. The van der Waals surface area contributed by atoms with E-state index in [0.29, 0.717) is 37.9 Å². The van der Waals surface area contributed by atoms with E-state index in [2.05, 4.69) is 30.2 Å². The SMILES string of the molecule is CN=C(NCC1CN2CCN1CC2)N1CCN(S(=O)(=O)Cc2ccon2)CC1. The van der Waals surface area contributed by atoms with Gasteiger partial charge in [0.25, 0.3) is 0 Å². The van der Waals surface area contributed by atoms with Crippen LogP contribution >= 0.6 is 0 Å². The Morgan fingerprint density at radius 3 is 2.54 bits per heavy atom. The largest absolute Gasteiger partial charge is 0.364 e. The van der Waals surface area contributed by atoms with Crippen molar-refractivity contribution in [3.05, 3.63) is 18.0 Å². The highest BCUT2D eigenvalue weighted by atomic mass is 32.2. The number of rotatable bonds is 5. The van der Waals surface area contributed by atoms with Crippen molar-refractivity contribution >= 4 is 16.0 Å². The highest BCUT2D eigenvalue weighted by Crippen LogP contribution is 2.16. The molecule has 11 heteroatoms. The molecule has 0 radical (unpaired) electrons. The molecule has 1 aromatic rings. The molecule has 1 atom stereocenters. The molecule has 5 heterocycles. The van der Waals surface area contributed by atoms with Gasteiger partial charge in [0.05, 0.1) is 5.69 Å². The Labute approximate surface area is 166 Å². The van der Waals surface area contributed by atoms with E-state index in [4.69, 9.17) is 4.52 Å².